The highest BCUT2D eigenvalue weighted by Crippen LogP contribution is 2.39. The highest BCUT2D eigenvalue weighted by Gasteiger charge is 2.47. The van der Waals surface area contributed by atoms with Crippen LogP contribution in [-0.2, 0) is 14.3 Å². The number of ether oxygens (including phenoxy) is 1. The van der Waals surface area contributed by atoms with Gasteiger partial charge >= 0.3 is 6.09 Å². The molecule has 2 unspecified atom stereocenters. The van der Waals surface area contributed by atoms with Gasteiger partial charge in [-0.05, 0) is 24.3 Å². The number of benzene rings is 2. The molecule has 0 spiro atoms. The molecule has 1 fully saturated rings. The van der Waals surface area contributed by atoms with Gasteiger partial charge in [-0.15, -0.1) is 0 Å². The van der Waals surface area contributed by atoms with Gasteiger partial charge < -0.3 is 20.5 Å². The summed E-state index contributed by atoms with van der Waals surface area (Å²) >= 11 is 6.36. The van der Waals surface area contributed by atoms with Gasteiger partial charge in [0.1, 0.15) is 11.9 Å². The Morgan fingerprint density at radius 2 is 1.89 bits per heavy atom. The van der Waals surface area contributed by atoms with Crippen LogP contribution < -0.4 is 15.5 Å². The molecule has 194 valence electrons. The van der Waals surface area contributed by atoms with E-state index in [1.165, 1.54) is 24.3 Å². The van der Waals surface area contributed by atoms with Crippen molar-refractivity contribution < 1.29 is 37.4 Å². The Labute approximate surface area is 210 Å². The minimum atomic E-state index is -2.90. The molecule has 8 nitrogen and oxygen atoms in total. The highest BCUT2D eigenvalue weighted by atomic mass is 35.5. The Balaban J connectivity index is 2.03. The first kappa shape index (κ1) is 27.3. The lowest BCUT2D eigenvalue weighted by molar-refractivity contribution is -0.132. The Hall–Kier alpha value is -3.31. The summed E-state index contributed by atoms with van der Waals surface area (Å²) in [5, 5.41) is 14.6. The molecular weight excluding hydrogens is 503 g/mol. The molecule has 1 aliphatic rings. The van der Waals surface area contributed by atoms with Gasteiger partial charge in [0.2, 0.25) is 11.8 Å². The molecule has 0 saturated heterocycles. The molecule has 2 aromatic rings. The van der Waals surface area contributed by atoms with Crippen molar-refractivity contribution in [2.24, 2.45) is 0 Å². The summed E-state index contributed by atoms with van der Waals surface area (Å²) in [6.07, 6.45) is -2.52. The van der Waals surface area contributed by atoms with Crippen LogP contribution in [0.1, 0.15) is 30.9 Å². The zero-order valence-corrected chi connectivity index (χ0v) is 20.0. The molecule has 0 bridgehead atoms. The lowest BCUT2D eigenvalue weighted by Gasteiger charge is -2.38. The van der Waals surface area contributed by atoms with Crippen LogP contribution in [0.15, 0.2) is 48.5 Å². The zero-order chi connectivity index (χ0) is 26.5. The molecule has 0 radical (unpaired) electrons. The zero-order valence-electron chi connectivity index (χ0n) is 19.2. The van der Waals surface area contributed by atoms with Gasteiger partial charge in [-0.3, -0.25) is 14.5 Å². The third-order valence-corrected chi connectivity index (χ3v) is 5.99. The van der Waals surface area contributed by atoms with Crippen molar-refractivity contribution in [3.63, 3.8) is 0 Å². The standard InChI is InChI=1S/C24H25ClF3N3O5/c1-36-23(35)30-15(13-32)10-20(33)31(17-6-4-5-14(26)9-17)21(18-7-2-3-8-19(18)25)22(34)29-16-11-24(27,28)12-16/h2-9,15-16,21,32H,10-13H2,1H3,(H,29,34)(H,30,35). The number of alkyl carbamates (subject to hydrolysis) is 1. The first-order valence-electron chi connectivity index (χ1n) is 11.0. The van der Waals surface area contributed by atoms with E-state index in [1.54, 1.807) is 12.1 Å². The summed E-state index contributed by atoms with van der Waals surface area (Å²) in [5.41, 5.74) is 0.149. The van der Waals surface area contributed by atoms with E-state index in [0.29, 0.717) is 0 Å². The van der Waals surface area contributed by atoms with Crippen LogP contribution in [0.3, 0.4) is 0 Å². The lowest BCUT2D eigenvalue weighted by atomic mass is 9.87. The van der Waals surface area contributed by atoms with Crippen LogP contribution in [0.4, 0.5) is 23.7 Å². The van der Waals surface area contributed by atoms with Gasteiger partial charge in [0.15, 0.2) is 0 Å². The van der Waals surface area contributed by atoms with E-state index in [0.717, 1.165) is 24.1 Å². The molecule has 3 N–H and O–H groups in total. The number of aliphatic hydroxyl groups excluding tert-OH is 1. The third-order valence-electron chi connectivity index (χ3n) is 5.65. The van der Waals surface area contributed by atoms with Crippen molar-refractivity contribution in [2.75, 3.05) is 18.6 Å². The fraction of sp³-hybridized carbons (Fsp3) is 0.375. The summed E-state index contributed by atoms with van der Waals surface area (Å²) in [6.45, 7) is -0.641. The van der Waals surface area contributed by atoms with Gasteiger partial charge in [-0.2, -0.15) is 0 Å². The number of amides is 3. The number of rotatable bonds is 9. The van der Waals surface area contributed by atoms with Crippen LogP contribution in [0.2, 0.25) is 5.02 Å². The van der Waals surface area contributed by atoms with Gasteiger partial charge in [0.25, 0.3) is 5.92 Å². The number of halogens is 4. The molecule has 36 heavy (non-hydrogen) atoms. The normalized spacial score (nSPS) is 16.3. The largest absolute Gasteiger partial charge is 0.453 e. The fourth-order valence-electron chi connectivity index (χ4n) is 3.90. The van der Waals surface area contributed by atoms with Gasteiger partial charge in [0, 0.05) is 41.6 Å². The number of carbonyl (C=O) groups is 3. The molecular formula is C24H25ClF3N3O5. The number of hydrogen-bond donors (Lipinski definition) is 3. The highest BCUT2D eigenvalue weighted by molar-refractivity contribution is 6.31. The van der Waals surface area contributed by atoms with Crippen molar-refractivity contribution in [1.29, 1.82) is 0 Å². The van der Waals surface area contributed by atoms with Crippen LogP contribution >= 0.6 is 11.6 Å². The number of nitrogens with one attached hydrogen (secondary N) is 2. The minimum Gasteiger partial charge on any atom is -0.453 e. The van der Waals surface area contributed by atoms with E-state index in [9.17, 15) is 32.7 Å². The second-order valence-corrected chi connectivity index (χ2v) is 8.76. The second kappa shape index (κ2) is 11.6. The van der Waals surface area contributed by atoms with E-state index in [-0.39, 0.29) is 16.3 Å². The van der Waals surface area contributed by atoms with Crippen LogP contribution in [0, 0.1) is 5.82 Å². The van der Waals surface area contributed by atoms with Gasteiger partial charge in [0.05, 0.1) is 19.8 Å². The Morgan fingerprint density at radius 1 is 1.19 bits per heavy atom. The molecule has 2 aromatic carbocycles. The first-order chi connectivity index (χ1) is 17.0. The number of methoxy groups -OCH3 is 1. The van der Waals surface area contributed by atoms with Crippen molar-refractivity contribution in [3.8, 4) is 0 Å². The number of anilines is 1. The molecule has 1 aliphatic carbocycles. The number of nitrogens with zero attached hydrogens (tertiary/aromatic N) is 1. The maximum atomic E-state index is 14.2. The average molecular weight is 528 g/mol. The summed E-state index contributed by atoms with van der Waals surface area (Å²) in [7, 11) is 1.10. The monoisotopic (exact) mass is 527 g/mol. The topological polar surface area (TPSA) is 108 Å². The SMILES string of the molecule is COC(=O)NC(CO)CC(=O)N(c1cccc(F)c1)C(C(=O)NC1CC(F)(F)C1)c1ccccc1Cl. The predicted molar refractivity (Wildman–Crippen MR) is 125 cm³/mol. The van der Waals surface area contributed by atoms with Crippen molar-refractivity contribution in [2.45, 2.75) is 43.3 Å². The van der Waals surface area contributed by atoms with Crippen LogP contribution in [0.5, 0.6) is 0 Å². The van der Waals surface area contributed by atoms with E-state index < -0.39 is 73.6 Å². The molecule has 0 aromatic heterocycles. The molecule has 1 saturated carbocycles. The van der Waals surface area contributed by atoms with Gasteiger partial charge in [-0.25, -0.2) is 18.0 Å². The molecule has 3 rings (SSSR count). The van der Waals surface area contributed by atoms with E-state index in [2.05, 4.69) is 15.4 Å². The van der Waals surface area contributed by atoms with E-state index >= 15 is 0 Å². The van der Waals surface area contributed by atoms with Crippen LogP contribution in [0.25, 0.3) is 0 Å². The average Bonchev–Trinajstić information content (AvgIpc) is 2.81. The molecule has 0 aliphatic heterocycles. The molecule has 2 atom stereocenters. The number of aliphatic hydroxyl groups is 1. The molecule has 3 amide bonds. The first-order valence-corrected chi connectivity index (χ1v) is 11.4. The predicted octanol–water partition coefficient (Wildman–Crippen LogP) is 3.57. The minimum absolute atomic E-state index is 0.0197. The second-order valence-electron chi connectivity index (χ2n) is 8.36. The third kappa shape index (κ3) is 6.67. The summed E-state index contributed by atoms with van der Waals surface area (Å²) < 4.78 is 45.5. The summed E-state index contributed by atoms with van der Waals surface area (Å²) in [6, 6.07) is 7.62. The fourth-order valence-corrected chi connectivity index (χ4v) is 4.14. The van der Waals surface area contributed by atoms with Gasteiger partial charge in [-0.1, -0.05) is 35.9 Å². The molecule has 0 heterocycles. The maximum absolute atomic E-state index is 14.2. The summed E-state index contributed by atoms with van der Waals surface area (Å²) in [5.74, 6) is -5.18. The lowest BCUT2D eigenvalue weighted by Crippen LogP contribution is -2.54. The Morgan fingerprint density at radius 3 is 2.47 bits per heavy atom. The number of carbonyl (C=O) groups excluding carboxylic acids is 3. The summed E-state index contributed by atoms with van der Waals surface area (Å²) in [4.78, 5) is 39.6. The van der Waals surface area contributed by atoms with E-state index in [1.807, 2.05) is 0 Å². The van der Waals surface area contributed by atoms with Crippen LogP contribution in [-0.4, -0.2) is 54.7 Å². The number of hydrogen-bond acceptors (Lipinski definition) is 5. The Bertz CT molecular complexity index is 1110. The molecule has 12 heteroatoms. The van der Waals surface area contributed by atoms with Crippen molar-refractivity contribution in [1.82, 2.24) is 10.6 Å². The smallest absolute Gasteiger partial charge is 0.407 e. The quantitative estimate of drug-likeness (QED) is 0.462. The van der Waals surface area contributed by atoms with E-state index in [4.69, 9.17) is 11.6 Å². The Kier molecular flexibility index (Phi) is 8.80. The van der Waals surface area contributed by atoms with Crippen molar-refractivity contribution in [3.05, 3.63) is 64.9 Å². The number of alkyl halides is 2. The maximum Gasteiger partial charge on any atom is 0.407 e. The van der Waals surface area contributed by atoms with Crippen molar-refractivity contribution >= 4 is 35.2 Å².